The van der Waals surface area contributed by atoms with E-state index < -0.39 is 0 Å². The fourth-order valence-corrected chi connectivity index (χ4v) is 1.66. The van der Waals surface area contributed by atoms with Crippen molar-refractivity contribution in [1.82, 2.24) is 4.98 Å². The second-order valence-electron chi connectivity index (χ2n) is 7.95. The minimum Gasteiger partial charge on any atom is -0.444 e. The molecule has 1 rings (SSSR count). The van der Waals surface area contributed by atoms with Crippen LogP contribution in [0.1, 0.15) is 79.7 Å². The van der Waals surface area contributed by atoms with Gasteiger partial charge < -0.3 is 4.42 Å². The molecule has 0 N–H and O–H groups in total. The van der Waals surface area contributed by atoms with Gasteiger partial charge in [-0.25, -0.2) is 4.98 Å². The Morgan fingerprint density at radius 3 is 1.41 bits per heavy atom. The lowest BCUT2D eigenvalue weighted by molar-refractivity contribution is 0.332. The molecule has 0 saturated heterocycles. The largest absolute Gasteiger partial charge is 0.444 e. The molecule has 2 nitrogen and oxygen atoms in total. The Labute approximate surface area is 106 Å². The Morgan fingerprint density at radius 1 is 0.706 bits per heavy atom. The Morgan fingerprint density at radius 2 is 1.18 bits per heavy atom. The average molecular weight is 237 g/mol. The van der Waals surface area contributed by atoms with Crippen molar-refractivity contribution in [3.8, 4) is 0 Å². The van der Waals surface area contributed by atoms with Gasteiger partial charge in [-0.2, -0.15) is 0 Å². The van der Waals surface area contributed by atoms with Gasteiger partial charge in [0.15, 0.2) is 5.89 Å². The molecule has 0 amide bonds. The van der Waals surface area contributed by atoms with Crippen LogP contribution in [0.3, 0.4) is 0 Å². The fraction of sp³-hybridized carbons (Fsp3) is 0.800. The monoisotopic (exact) mass is 237 g/mol. The third-order valence-corrected chi connectivity index (χ3v) is 2.66. The first-order chi connectivity index (χ1) is 7.33. The zero-order valence-corrected chi connectivity index (χ0v) is 12.9. The maximum Gasteiger partial charge on any atom is 0.200 e. The van der Waals surface area contributed by atoms with E-state index in [2.05, 4.69) is 62.3 Å². The molecule has 0 spiro atoms. The van der Waals surface area contributed by atoms with Crippen molar-refractivity contribution in [2.24, 2.45) is 0 Å². The highest BCUT2D eigenvalue weighted by Crippen LogP contribution is 2.36. The zero-order valence-electron chi connectivity index (χ0n) is 12.9. The zero-order chi connectivity index (χ0) is 13.6. The first-order valence-corrected chi connectivity index (χ1v) is 6.36. The molecule has 98 valence electrons. The number of oxazole rings is 1. The topological polar surface area (TPSA) is 26.0 Å². The quantitative estimate of drug-likeness (QED) is 0.660. The summed E-state index contributed by atoms with van der Waals surface area (Å²) in [5, 5.41) is 0. The van der Waals surface area contributed by atoms with Crippen molar-refractivity contribution in [2.45, 2.75) is 78.6 Å². The first-order valence-electron chi connectivity index (χ1n) is 6.36. The first kappa shape index (κ1) is 14.3. The highest BCUT2D eigenvalue weighted by atomic mass is 16.4. The molecule has 0 saturated carbocycles. The van der Waals surface area contributed by atoms with Gasteiger partial charge in [-0.3, -0.25) is 0 Å². The molecule has 0 aromatic carbocycles. The van der Waals surface area contributed by atoms with E-state index in [1.165, 1.54) is 0 Å². The standard InChI is InChI=1S/C15H27NO/c1-13(2,3)10-11(14(4,5)6)17-12(16-10)15(7,8)9/h1-9H3. The minimum absolute atomic E-state index is 0.000880. The van der Waals surface area contributed by atoms with E-state index in [4.69, 9.17) is 9.40 Å². The van der Waals surface area contributed by atoms with Crippen LogP contribution in [-0.2, 0) is 16.2 Å². The molecule has 1 heterocycles. The number of hydrogen-bond donors (Lipinski definition) is 0. The van der Waals surface area contributed by atoms with Gasteiger partial charge in [-0.15, -0.1) is 0 Å². The van der Waals surface area contributed by atoms with Gasteiger partial charge in [-0.1, -0.05) is 62.3 Å². The van der Waals surface area contributed by atoms with E-state index >= 15 is 0 Å². The SMILES string of the molecule is CC(C)(C)c1nc(C(C)(C)C)c(C(C)(C)C)o1. The van der Waals surface area contributed by atoms with Gasteiger partial charge in [0.1, 0.15) is 5.76 Å². The summed E-state index contributed by atoms with van der Waals surface area (Å²) in [5.74, 6) is 1.86. The maximum absolute atomic E-state index is 6.06. The fourth-order valence-electron chi connectivity index (χ4n) is 1.66. The van der Waals surface area contributed by atoms with E-state index in [-0.39, 0.29) is 16.2 Å². The van der Waals surface area contributed by atoms with Crippen LogP contribution in [0.5, 0.6) is 0 Å². The molecule has 0 bridgehead atoms. The van der Waals surface area contributed by atoms with Crippen LogP contribution >= 0.6 is 0 Å². The van der Waals surface area contributed by atoms with Crippen molar-refractivity contribution in [3.05, 3.63) is 17.3 Å². The van der Waals surface area contributed by atoms with E-state index in [0.29, 0.717) is 0 Å². The Bertz CT molecular complexity index is 363. The van der Waals surface area contributed by atoms with Crippen LogP contribution < -0.4 is 0 Å². The number of aromatic nitrogens is 1. The number of hydrogen-bond acceptors (Lipinski definition) is 2. The Balaban J connectivity index is 3.44. The van der Waals surface area contributed by atoms with E-state index in [1.54, 1.807) is 0 Å². The molecule has 0 fully saturated rings. The summed E-state index contributed by atoms with van der Waals surface area (Å²) >= 11 is 0. The third kappa shape index (κ3) is 3.11. The predicted octanol–water partition coefficient (Wildman–Crippen LogP) is 4.57. The van der Waals surface area contributed by atoms with Crippen LogP contribution in [-0.4, -0.2) is 4.98 Å². The van der Waals surface area contributed by atoms with Crippen molar-refractivity contribution in [1.29, 1.82) is 0 Å². The lowest BCUT2D eigenvalue weighted by atomic mass is 9.83. The smallest absolute Gasteiger partial charge is 0.200 e. The van der Waals surface area contributed by atoms with E-state index in [9.17, 15) is 0 Å². The number of nitrogens with zero attached hydrogens (tertiary/aromatic N) is 1. The van der Waals surface area contributed by atoms with E-state index in [1.807, 2.05) is 0 Å². The maximum atomic E-state index is 6.06. The summed E-state index contributed by atoms with van der Waals surface area (Å²) in [6.07, 6.45) is 0. The highest BCUT2D eigenvalue weighted by Gasteiger charge is 2.34. The summed E-state index contributed by atoms with van der Waals surface area (Å²) in [4.78, 5) is 4.75. The third-order valence-electron chi connectivity index (χ3n) is 2.66. The molecule has 0 aliphatic carbocycles. The Hall–Kier alpha value is -0.790. The lowest BCUT2D eigenvalue weighted by Crippen LogP contribution is -2.21. The average Bonchev–Trinajstić information content (AvgIpc) is 2.42. The van der Waals surface area contributed by atoms with Gasteiger partial charge in [0.05, 0.1) is 5.69 Å². The van der Waals surface area contributed by atoms with E-state index in [0.717, 1.165) is 17.3 Å². The molecule has 0 unspecified atom stereocenters. The van der Waals surface area contributed by atoms with Crippen molar-refractivity contribution < 1.29 is 4.42 Å². The molecule has 0 atom stereocenters. The highest BCUT2D eigenvalue weighted by molar-refractivity contribution is 5.26. The van der Waals surface area contributed by atoms with Crippen LogP contribution in [0.4, 0.5) is 0 Å². The summed E-state index contributed by atoms with van der Waals surface area (Å²) in [6, 6.07) is 0. The second kappa shape index (κ2) is 3.86. The molecule has 0 aliphatic rings. The molecular formula is C15H27NO. The molecule has 2 heteroatoms. The molecule has 1 aromatic rings. The summed E-state index contributed by atoms with van der Waals surface area (Å²) in [6.45, 7) is 19.5. The second-order valence-corrected chi connectivity index (χ2v) is 7.95. The van der Waals surface area contributed by atoms with Gasteiger partial charge in [0, 0.05) is 16.2 Å². The van der Waals surface area contributed by atoms with Crippen molar-refractivity contribution in [2.75, 3.05) is 0 Å². The van der Waals surface area contributed by atoms with Crippen LogP contribution in [0.25, 0.3) is 0 Å². The molecule has 17 heavy (non-hydrogen) atoms. The molecule has 1 aromatic heterocycles. The van der Waals surface area contributed by atoms with Gasteiger partial charge in [0.25, 0.3) is 0 Å². The van der Waals surface area contributed by atoms with Gasteiger partial charge in [0.2, 0.25) is 0 Å². The Kier molecular flexibility index (Phi) is 3.24. The van der Waals surface area contributed by atoms with Gasteiger partial charge >= 0.3 is 0 Å². The van der Waals surface area contributed by atoms with Crippen LogP contribution in [0.15, 0.2) is 4.42 Å². The van der Waals surface area contributed by atoms with Crippen molar-refractivity contribution in [3.63, 3.8) is 0 Å². The summed E-state index contributed by atoms with van der Waals surface area (Å²) in [5.41, 5.74) is 1.08. The van der Waals surface area contributed by atoms with Crippen LogP contribution in [0, 0.1) is 0 Å². The summed E-state index contributed by atoms with van der Waals surface area (Å²) in [7, 11) is 0. The van der Waals surface area contributed by atoms with Crippen molar-refractivity contribution >= 4 is 0 Å². The molecule has 0 radical (unpaired) electrons. The summed E-state index contributed by atoms with van der Waals surface area (Å²) < 4.78 is 6.06. The van der Waals surface area contributed by atoms with Gasteiger partial charge in [-0.05, 0) is 0 Å². The molecular weight excluding hydrogens is 210 g/mol. The number of rotatable bonds is 0. The predicted molar refractivity (Wildman–Crippen MR) is 72.6 cm³/mol. The minimum atomic E-state index is -0.0382. The normalized spacial score (nSPS) is 14.2. The lowest BCUT2D eigenvalue weighted by Gasteiger charge is -2.22. The van der Waals surface area contributed by atoms with Crippen LogP contribution in [0.2, 0.25) is 0 Å². The molecule has 0 aliphatic heterocycles.